The zero-order valence-electron chi connectivity index (χ0n) is 8.85. The summed E-state index contributed by atoms with van der Waals surface area (Å²) < 4.78 is 4.97. The average Bonchev–Trinajstić information content (AvgIpc) is 1.95. The third-order valence-corrected chi connectivity index (χ3v) is 1.35. The van der Waals surface area contributed by atoms with Crippen LogP contribution in [0.1, 0.15) is 40.5 Å². The van der Waals surface area contributed by atoms with Gasteiger partial charge in [0.05, 0.1) is 13.0 Å². The number of carbonyl (C=O) groups is 2. The van der Waals surface area contributed by atoms with Crippen LogP contribution in [0.25, 0.3) is 0 Å². The van der Waals surface area contributed by atoms with E-state index in [-0.39, 0.29) is 30.0 Å². The molecule has 13 heavy (non-hydrogen) atoms. The fourth-order valence-electron chi connectivity index (χ4n) is 0.647. The third-order valence-electron chi connectivity index (χ3n) is 1.35. The van der Waals surface area contributed by atoms with Gasteiger partial charge in [-0.25, -0.2) is 0 Å². The lowest BCUT2D eigenvalue weighted by Crippen LogP contribution is -2.18. The SMILES string of the molecule is CC(=O)CCC(=O)OCC(C)(C)C. The quantitative estimate of drug-likeness (QED) is 0.630. The number of carbonyl (C=O) groups excluding carboxylic acids is 2. The van der Waals surface area contributed by atoms with Crippen molar-refractivity contribution in [3.05, 3.63) is 0 Å². The van der Waals surface area contributed by atoms with Gasteiger partial charge in [0.15, 0.2) is 0 Å². The van der Waals surface area contributed by atoms with Gasteiger partial charge in [0.2, 0.25) is 0 Å². The maximum absolute atomic E-state index is 11.0. The van der Waals surface area contributed by atoms with Crippen LogP contribution in [0.15, 0.2) is 0 Å². The fraction of sp³-hybridized carbons (Fsp3) is 0.800. The number of ether oxygens (including phenoxy) is 1. The highest BCUT2D eigenvalue weighted by atomic mass is 16.5. The van der Waals surface area contributed by atoms with Gasteiger partial charge in [-0.1, -0.05) is 20.8 Å². The Morgan fingerprint density at radius 2 is 1.69 bits per heavy atom. The van der Waals surface area contributed by atoms with Gasteiger partial charge in [0.1, 0.15) is 5.78 Å². The Morgan fingerprint density at radius 1 is 1.15 bits per heavy atom. The molecule has 3 heteroatoms. The van der Waals surface area contributed by atoms with Crippen molar-refractivity contribution >= 4 is 11.8 Å². The minimum atomic E-state index is -0.287. The van der Waals surface area contributed by atoms with Crippen LogP contribution in [-0.2, 0) is 14.3 Å². The van der Waals surface area contributed by atoms with Crippen LogP contribution in [-0.4, -0.2) is 18.4 Å². The largest absolute Gasteiger partial charge is 0.465 e. The molecule has 0 fully saturated rings. The number of Topliss-reactive ketones (excluding diaryl/α,β-unsaturated/α-hetero) is 1. The Balaban J connectivity index is 3.58. The van der Waals surface area contributed by atoms with Gasteiger partial charge in [-0.2, -0.15) is 0 Å². The summed E-state index contributed by atoms with van der Waals surface area (Å²) in [6.07, 6.45) is 0.481. The molecule has 0 N–H and O–H groups in total. The lowest BCUT2D eigenvalue weighted by atomic mass is 9.99. The summed E-state index contributed by atoms with van der Waals surface area (Å²) in [6, 6.07) is 0. The molecule has 0 aromatic heterocycles. The summed E-state index contributed by atoms with van der Waals surface area (Å²) in [5.41, 5.74) is -0.00805. The molecule has 0 amide bonds. The average molecular weight is 186 g/mol. The number of esters is 1. The Hall–Kier alpha value is -0.860. The van der Waals surface area contributed by atoms with Gasteiger partial charge >= 0.3 is 5.97 Å². The summed E-state index contributed by atoms with van der Waals surface area (Å²) in [7, 11) is 0. The van der Waals surface area contributed by atoms with Gasteiger partial charge in [0, 0.05) is 6.42 Å². The summed E-state index contributed by atoms with van der Waals surface area (Å²) in [4.78, 5) is 21.6. The number of ketones is 1. The normalized spacial score (nSPS) is 11.1. The molecular formula is C10H18O3. The molecule has 0 radical (unpaired) electrons. The molecule has 0 aromatic carbocycles. The van der Waals surface area contributed by atoms with Crippen LogP contribution in [0, 0.1) is 5.41 Å². The van der Waals surface area contributed by atoms with Gasteiger partial charge in [-0.3, -0.25) is 4.79 Å². The number of hydrogen-bond donors (Lipinski definition) is 0. The molecule has 0 spiro atoms. The number of rotatable bonds is 4. The first-order valence-corrected chi connectivity index (χ1v) is 4.46. The third kappa shape index (κ3) is 9.05. The van der Waals surface area contributed by atoms with E-state index >= 15 is 0 Å². The molecule has 0 aliphatic carbocycles. The summed E-state index contributed by atoms with van der Waals surface area (Å²) in [6.45, 7) is 7.85. The maximum Gasteiger partial charge on any atom is 0.306 e. The van der Waals surface area contributed by atoms with E-state index in [1.54, 1.807) is 0 Å². The molecule has 0 unspecified atom stereocenters. The van der Waals surface area contributed by atoms with Crippen LogP contribution < -0.4 is 0 Å². The second-order valence-electron chi connectivity index (χ2n) is 4.42. The highest BCUT2D eigenvalue weighted by Gasteiger charge is 2.13. The van der Waals surface area contributed by atoms with Crippen LogP contribution in [0.2, 0.25) is 0 Å². The Kier molecular flexibility index (Phi) is 4.67. The fourth-order valence-corrected chi connectivity index (χ4v) is 0.647. The first kappa shape index (κ1) is 12.1. The lowest BCUT2D eigenvalue weighted by molar-refractivity contribution is -0.147. The minimum absolute atomic E-state index is 0.00805. The van der Waals surface area contributed by atoms with Crippen molar-refractivity contribution in [2.75, 3.05) is 6.61 Å². The van der Waals surface area contributed by atoms with Crippen molar-refractivity contribution in [1.29, 1.82) is 0 Å². The minimum Gasteiger partial charge on any atom is -0.465 e. The predicted octanol–water partition coefficient (Wildman–Crippen LogP) is 1.94. The Labute approximate surface area is 79.5 Å². The van der Waals surface area contributed by atoms with Gasteiger partial charge in [-0.05, 0) is 12.3 Å². The van der Waals surface area contributed by atoms with Crippen LogP contribution in [0.4, 0.5) is 0 Å². The molecule has 0 bridgehead atoms. The molecule has 0 aliphatic rings. The number of hydrogen-bond acceptors (Lipinski definition) is 3. The van der Waals surface area contributed by atoms with Crippen LogP contribution in [0.3, 0.4) is 0 Å². The molecule has 0 aliphatic heterocycles. The monoisotopic (exact) mass is 186 g/mol. The summed E-state index contributed by atoms with van der Waals surface area (Å²) >= 11 is 0. The molecule has 0 saturated carbocycles. The summed E-state index contributed by atoms with van der Waals surface area (Å²) in [5, 5.41) is 0. The maximum atomic E-state index is 11.0. The van der Waals surface area contributed by atoms with Gasteiger partial charge in [0.25, 0.3) is 0 Å². The van der Waals surface area contributed by atoms with Crippen molar-refractivity contribution in [2.24, 2.45) is 5.41 Å². The molecule has 0 saturated heterocycles. The van der Waals surface area contributed by atoms with E-state index in [0.29, 0.717) is 6.61 Å². The smallest absolute Gasteiger partial charge is 0.306 e. The second-order valence-corrected chi connectivity index (χ2v) is 4.42. The molecule has 0 aromatic rings. The molecule has 76 valence electrons. The van der Waals surface area contributed by atoms with Crippen molar-refractivity contribution in [2.45, 2.75) is 40.5 Å². The van der Waals surface area contributed by atoms with Crippen LogP contribution >= 0.6 is 0 Å². The first-order chi connectivity index (χ1) is 5.81. The topological polar surface area (TPSA) is 43.4 Å². The highest BCUT2D eigenvalue weighted by Crippen LogP contribution is 2.13. The van der Waals surface area contributed by atoms with E-state index in [0.717, 1.165) is 0 Å². The lowest BCUT2D eigenvalue weighted by Gasteiger charge is -2.17. The second kappa shape index (κ2) is 5.00. The van der Waals surface area contributed by atoms with E-state index in [4.69, 9.17) is 4.74 Å². The first-order valence-electron chi connectivity index (χ1n) is 4.46. The van der Waals surface area contributed by atoms with E-state index in [1.807, 2.05) is 20.8 Å². The standard InChI is InChI=1S/C10H18O3/c1-8(11)5-6-9(12)13-7-10(2,3)4/h5-7H2,1-4H3. The zero-order chi connectivity index (χ0) is 10.5. The molecular weight excluding hydrogens is 168 g/mol. The van der Waals surface area contributed by atoms with E-state index in [9.17, 15) is 9.59 Å². The summed E-state index contributed by atoms with van der Waals surface area (Å²) in [5.74, 6) is -0.266. The van der Waals surface area contributed by atoms with Crippen LogP contribution in [0.5, 0.6) is 0 Å². The van der Waals surface area contributed by atoms with Crippen molar-refractivity contribution in [1.82, 2.24) is 0 Å². The van der Waals surface area contributed by atoms with Gasteiger partial charge in [-0.15, -0.1) is 0 Å². The Bertz CT molecular complexity index is 189. The van der Waals surface area contributed by atoms with E-state index < -0.39 is 0 Å². The van der Waals surface area contributed by atoms with Gasteiger partial charge < -0.3 is 9.53 Å². The van der Waals surface area contributed by atoms with E-state index in [1.165, 1.54) is 6.92 Å². The Morgan fingerprint density at radius 3 is 2.08 bits per heavy atom. The van der Waals surface area contributed by atoms with Crippen molar-refractivity contribution < 1.29 is 14.3 Å². The predicted molar refractivity (Wildman–Crippen MR) is 50.3 cm³/mol. The van der Waals surface area contributed by atoms with Crippen molar-refractivity contribution in [3.63, 3.8) is 0 Å². The molecule has 3 nitrogen and oxygen atoms in total. The molecule has 0 rings (SSSR count). The molecule has 0 atom stereocenters. The van der Waals surface area contributed by atoms with Crippen molar-refractivity contribution in [3.8, 4) is 0 Å². The zero-order valence-corrected chi connectivity index (χ0v) is 8.85. The van der Waals surface area contributed by atoms with E-state index in [2.05, 4.69) is 0 Å². The highest BCUT2D eigenvalue weighted by molar-refractivity contribution is 5.80. The molecule has 0 heterocycles.